The highest BCUT2D eigenvalue weighted by Gasteiger charge is 2.35. The van der Waals surface area contributed by atoms with Crippen molar-refractivity contribution in [2.24, 2.45) is 5.73 Å². The van der Waals surface area contributed by atoms with E-state index >= 15 is 0 Å². The van der Waals surface area contributed by atoms with E-state index in [1.54, 1.807) is 30.0 Å². The number of anilines is 1. The van der Waals surface area contributed by atoms with Crippen LogP contribution in [0.3, 0.4) is 0 Å². The third-order valence-electron chi connectivity index (χ3n) is 3.98. The highest BCUT2D eigenvalue weighted by Crippen LogP contribution is 2.31. The number of hydrogen-bond donors (Lipinski definition) is 2. The van der Waals surface area contributed by atoms with Crippen LogP contribution in [0.2, 0.25) is 0 Å². The van der Waals surface area contributed by atoms with Crippen molar-refractivity contribution in [3.8, 4) is 0 Å². The number of rotatable bonds is 4. The van der Waals surface area contributed by atoms with Gasteiger partial charge in [0.05, 0.1) is 11.1 Å². The minimum atomic E-state index is -0.954. The molecule has 0 aliphatic carbocycles. The number of carboxylic acids is 1. The van der Waals surface area contributed by atoms with Gasteiger partial charge in [0.15, 0.2) is 0 Å². The molecule has 5 nitrogen and oxygen atoms in total. The Hall–Kier alpha value is -1.88. The Morgan fingerprint density at radius 3 is 2.76 bits per heavy atom. The van der Waals surface area contributed by atoms with Gasteiger partial charge in [-0.05, 0) is 43.9 Å². The Morgan fingerprint density at radius 1 is 1.43 bits per heavy atom. The molecule has 2 rings (SSSR count). The molecule has 0 fully saturated rings. The van der Waals surface area contributed by atoms with Gasteiger partial charge in [-0.25, -0.2) is 4.79 Å². The molecule has 0 aromatic heterocycles. The summed E-state index contributed by atoms with van der Waals surface area (Å²) in [5.41, 5.74) is 6.94. The highest BCUT2D eigenvalue weighted by molar-refractivity contribution is 6.02. The number of hydrogen-bond acceptors (Lipinski definition) is 3. The van der Waals surface area contributed by atoms with Gasteiger partial charge in [0.25, 0.3) is 0 Å². The predicted octanol–water partition coefficient (Wildman–Crippen LogP) is 2.18. The van der Waals surface area contributed by atoms with E-state index in [2.05, 4.69) is 0 Å². The molecule has 1 unspecified atom stereocenters. The van der Waals surface area contributed by atoms with Crippen molar-refractivity contribution in [1.29, 1.82) is 0 Å². The molecule has 21 heavy (non-hydrogen) atoms. The summed E-state index contributed by atoms with van der Waals surface area (Å²) < 4.78 is 0. The number of nitrogens with two attached hydrogens (primary N) is 1. The van der Waals surface area contributed by atoms with E-state index in [1.165, 1.54) is 0 Å². The summed E-state index contributed by atoms with van der Waals surface area (Å²) in [6, 6.07) is 5.07. The largest absolute Gasteiger partial charge is 0.478 e. The first-order chi connectivity index (χ1) is 9.88. The van der Waals surface area contributed by atoms with Gasteiger partial charge < -0.3 is 15.7 Å². The van der Waals surface area contributed by atoms with E-state index in [-0.39, 0.29) is 11.5 Å². The second-order valence-corrected chi connectivity index (χ2v) is 5.84. The number of carbonyl (C=O) groups excluding carboxylic acids is 1. The number of nitrogens with zero attached hydrogens (tertiary/aromatic N) is 1. The first-order valence-corrected chi connectivity index (χ1v) is 7.34. The Morgan fingerprint density at radius 2 is 2.14 bits per heavy atom. The van der Waals surface area contributed by atoms with Crippen molar-refractivity contribution in [2.75, 3.05) is 11.4 Å². The maximum atomic E-state index is 12.7. The Bertz CT molecular complexity index is 567. The monoisotopic (exact) mass is 290 g/mol. The van der Waals surface area contributed by atoms with Crippen molar-refractivity contribution in [2.45, 2.75) is 45.1 Å². The molecule has 1 amide bonds. The van der Waals surface area contributed by atoms with Gasteiger partial charge in [0, 0.05) is 12.2 Å². The lowest BCUT2D eigenvalue weighted by Crippen LogP contribution is -2.54. The van der Waals surface area contributed by atoms with Crippen molar-refractivity contribution < 1.29 is 14.7 Å². The van der Waals surface area contributed by atoms with Crippen molar-refractivity contribution in [3.63, 3.8) is 0 Å². The van der Waals surface area contributed by atoms with E-state index in [1.807, 2.05) is 6.92 Å². The summed E-state index contributed by atoms with van der Waals surface area (Å²) in [5.74, 6) is -1.09. The molecular weight excluding hydrogens is 268 g/mol. The van der Waals surface area contributed by atoms with E-state index in [9.17, 15) is 14.7 Å². The number of benzene rings is 1. The van der Waals surface area contributed by atoms with Gasteiger partial charge in [-0.2, -0.15) is 0 Å². The molecule has 0 radical (unpaired) electrons. The van der Waals surface area contributed by atoms with Crippen LogP contribution < -0.4 is 10.6 Å². The normalized spacial score (nSPS) is 17.0. The van der Waals surface area contributed by atoms with Crippen LogP contribution in [0.1, 0.15) is 49.0 Å². The zero-order valence-electron chi connectivity index (χ0n) is 12.6. The van der Waals surface area contributed by atoms with Crippen LogP contribution in [0, 0.1) is 0 Å². The number of fused-ring (bicyclic) bond motifs is 1. The number of carboxylic acid groups (broad SMARTS) is 1. The minimum Gasteiger partial charge on any atom is -0.478 e. The average molecular weight is 290 g/mol. The zero-order chi connectivity index (χ0) is 15.6. The number of amides is 1. The summed E-state index contributed by atoms with van der Waals surface area (Å²) in [5, 5.41) is 9.28. The summed E-state index contributed by atoms with van der Waals surface area (Å²) >= 11 is 0. The molecule has 1 aromatic carbocycles. The lowest BCUT2D eigenvalue weighted by atomic mass is 9.91. The SMILES string of the molecule is CCCC(C)(N)C(=O)N1CCCc2c(C(=O)O)cccc21. The second kappa shape index (κ2) is 5.85. The molecule has 1 aliphatic heterocycles. The van der Waals surface area contributed by atoms with E-state index in [0.29, 0.717) is 25.1 Å². The summed E-state index contributed by atoms with van der Waals surface area (Å²) in [7, 11) is 0. The molecule has 0 spiro atoms. The van der Waals surface area contributed by atoms with E-state index in [4.69, 9.17) is 5.73 Å². The van der Waals surface area contributed by atoms with Crippen LogP contribution in [0.5, 0.6) is 0 Å². The van der Waals surface area contributed by atoms with Crippen LogP contribution >= 0.6 is 0 Å². The van der Waals surface area contributed by atoms with Gasteiger partial charge >= 0.3 is 5.97 Å². The molecule has 0 saturated carbocycles. The summed E-state index contributed by atoms with van der Waals surface area (Å²) in [4.78, 5) is 25.7. The maximum Gasteiger partial charge on any atom is 0.336 e. The lowest BCUT2D eigenvalue weighted by Gasteiger charge is -2.36. The minimum absolute atomic E-state index is 0.132. The number of carbonyl (C=O) groups is 2. The third kappa shape index (κ3) is 2.93. The summed E-state index contributed by atoms with van der Waals surface area (Å²) in [6.45, 7) is 4.32. The average Bonchev–Trinajstić information content (AvgIpc) is 2.45. The molecule has 1 heterocycles. The second-order valence-electron chi connectivity index (χ2n) is 5.84. The zero-order valence-corrected chi connectivity index (χ0v) is 12.6. The molecule has 0 bridgehead atoms. The van der Waals surface area contributed by atoms with Crippen LogP contribution in [-0.2, 0) is 11.2 Å². The highest BCUT2D eigenvalue weighted by atomic mass is 16.4. The first-order valence-electron chi connectivity index (χ1n) is 7.34. The molecule has 114 valence electrons. The first kappa shape index (κ1) is 15.5. The van der Waals surface area contributed by atoms with Gasteiger partial charge in [0.2, 0.25) is 5.91 Å². The van der Waals surface area contributed by atoms with Crippen molar-refractivity contribution in [1.82, 2.24) is 0 Å². The number of aromatic carboxylic acids is 1. The third-order valence-corrected chi connectivity index (χ3v) is 3.98. The van der Waals surface area contributed by atoms with Gasteiger partial charge in [-0.1, -0.05) is 19.4 Å². The fourth-order valence-corrected chi connectivity index (χ4v) is 2.97. The van der Waals surface area contributed by atoms with Crippen LogP contribution in [0.15, 0.2) is 18.2 Å². The molecule has 1 aliphatic rings. The predicted molar refractivity (Wildman–Crippen MR) is 81.6 cm³/mol. The van der Waals surface area contributed by atoms with Gasteiger partial charge in [-0.3, -0.25) is 4.79 Å². The Kier molecular flexibility index (Phi) is 4.32. The van der Waals surface area contributed by atoms with Crippen molar-refractivity contribution >= 4 is 17.6 Å². The lowest BCUT2D eigenvalue weighted by molar-refractivity contribution is -0.123. The molecule has 5 heteroatoms. The van der Waals surface area contributed by atoms with Gasteiger partial charge in [0.1, 0.15) is 0 Å². The molecule has 1 aromatic rings. The van der Waals surface area contributed by atoms with Crippen LogP contribution in [0.25, 0.3) is 0 Å². The fourth-order valence-electron chi connectivity index (χ4n) is 2.97. The topological polar surface area (TPSA) is 83.6 Å². The van der Waals surface area contributed by atoms with Crippen LogP contribution in [0.4, 0.5) is 5.69 Å². The molecule has 3 N–H and O–H groups in total. The Labute approximate surface area is 124 Å². The Balaban J connectivity index is 2.41. The molecular formula is C16H22N2O3. The molecule has 1 atom stereocenters. The van der Waals surface area contributed by atoms with E-state index in [0.717, 1.165) is 18.4 Å². The molecule has 0 saturated heterocycles. The smallest absolute Gasteiger partial charge is 0.336 e. The van der Waals surface area contributed by atoms with Crippen LogP contribution in [-0.4, -0.2) is 29.1 Å². The maximum absolute atomic E-state index is 12.7. The van der Waals surface area contributed by atoms with E-state index < -0.39 is 11.5 Å². The van der Waals surface area contributed by atoms with Gasteiger partial charge in [-0.15, -0.1) is 0 Å². The van der Waals surface area contributed by atoms with Crippen molar-refractivity contribution in [3.05, 3.63) is 29.3 Å². The quantitative estimate of drug-likeness (QED) is 0.890. The fraction of sp³-hybridized carbons (Fsp3) is 0.500. The summed E-state index contributed by atoms with van der Waals surface area (Å²) in [6.07, 6.45) is 2.87. The standard InChI is InChI=1S/C16H22N2O3/c1-3-9-16(2,17)15(21)18-10-5-7-11-12(14(19)20)6-4-8-13(11)18/h4,6,8H,3,5,7,9-10,17H2,1-2H3,(H,19,20).